The molecule has 0 radical (unpaired) electrons. The number of carbonyl (C=O) groups is 1. The molecule has 0 fully saturated rings. The Labute approximate surface area is 94.6 Å². The quantitative estimate of drug-likeness (QED) is 0.750. The van der Waals surface area contributed by atoms with Crippen molar-refractivity contribution in [2.45, 2.75) is 19.4 Å². The number of anilines is 1. The van der Waals surface area contributed by atoms with Gasteiger partial charge in [0.1, 0.15) is 11.4 Å². The summed E-state index contributed by atoms with van der Waals surface area (Å²) in [6, 6.07) is 0. The maximum atomic E-state index is 11.9. The van der Waals surface area contributed by atoms with Crippen LogP contribution in [0.2, 0.25) is 0 Å². The number of rotatable bonds is 3. The lowest BCUT2D eigenvalue weighted by Crippen LogP contribution is -2.39. The SMILES string of the molecule is CN(CC(C)(C)O)C(=O)c1cnn(C)c1N. The summed E-state index contributed by atoms with van der Waals surface area (Å²) in [7, 11) is 3.29. The Hall–Kier alpha value is -1.56. The highest BCUT2D eigenvalue weighted by Crippen LogP contribution is 2.13. The van der Waals surface area contributed by atoms with Crippen molar-refractivity contribution in [3.8, 4) is 0 Å². The zero-order valence-electron chi connectivity index (χ0n) is 10.1. The summed E-state index contributed by atoms with van der Waals surface area (Å²) in [6.07, 6.45) is 1.43. The van der Waals surface area contributed by atoms with Gasteiger partial charge in [0.15, 0.2) is 0 Å². The monoisotopic (exact) mass is 226 g/mol. The molecule has 1 rings (SSSR count). The molecule has 6 heteroatoms. The van der Waals surface area contributed by atoms with E-state index in [-0.39, 0.29) is 12.5 Å². The standard InChI is InChI=1S/C10H18N4O2/c1-10(2,16)6-13(3)9(15)7-5-12-14(4)8(7)11/h5,16H,6,11H2,1-4H3. The molecule has 0 aliphatic heterocycles. The maximum Gasteiger partial charge on any atom is 0.259 e. The van der Waals surface area contributed by atoms with Crippen molar-refractivity contribution in [1.29, 1.82) is 0 Å². The molecular weight excluding hydrogens is 208 g/mol. The first kappa shape index (κ1) is 12.5. The molecule has 0 aromatic carbocycles. The van der Waals surface area contributed by atoms with E-state index in [1.807, 2.05) is 0 Å². The Morgan fingerprint density at radius 3 is 2.62 bits per heavy atom. The zero-order chi connectivity index (χ0) is 12.5. The smallest absolute Gasteiger partial charge is 0.259 e. The van der Waals surface area contributed by atoms with Crippen LogP contribution in [-0.4, -0.2) is 44.9 Å². The number of aromatic nitrogens is 2. The van der Waals surface area contributed by atoms with E-state index in [1.54, 1.807) is 27.9 Å². The summed E-state index contributed by atoms with van der Waals surface area (Å²) in [5.41, 5.74) is 5.12. The Morgan fingerprint density at radius 1 is 1.69 bits per heavy atom. The van der Waals surface area contributed by atoms with Gasteiger partial charge < -0.3 is 15.7 Å². The minimum absolute atomic E-state index is 0.236. The normalized spacial score (nSPS) is 11.6. The molecule has 0 aliphatic rings. The highest BCUT2D eigenvalue weighted by Gasteiger charge is 2.23. The van der Waals surface area contributed by atoms with Crippen LogP contribution in [0.1, 0.15) is 24.2 Å². The minimum atomic E-state index is -0.929. The van der Waals surface area contributed by atoms with Gasteiger partial charge in [-0.3, -0.25) is 9.48 Å². The fourth-order valence-electron chi connectivity index (χ4n) is 1.47. The van der Waals surface area contributed by atoms with Gasteiger partial charge in [-0.05, 0) is 13.8 Å². The van der Waals surface area contributed by atoms with E-state index in [0.29, 0.717) is 11.4 Å². The lowest BCUT2D eigenvalue weighted by molar-refractivity contribution is 0.0368. The number of aryl methyl sites for hydroxylation is 1. The van der Waals surface area contributed by atoms with E-state index in [4.69, 9.17) is 5.73 Å². The van der Waals surface area contributed by atoms with Gasteiger partial charge in [-0.25, -0.2) is 0 Å². The summed E-state index contributed by atoms with van der Waals surface area (Å²) >= 11 is 0. The van der Waals surface area contributed by atoms with Gasteiger partial charge in [-0.15, -0.1) is 0 Å². The number of amides is 1. The van der Waals surface area contributed by atoms with Crippen LogP contribution >= 0.6 is 0 Å². The third-order valence-electron chi connectivity index (χ3n) is 2.19. The number of likely N-dealkylation sites (N-methyl/N-ethyl adjacent to an activating group) is 1. The summed E-state index contributed by atoms with van der Waals surface area (Å²) in [5.74, 6) is 0.0836. The first-order valence-corrected chi connectivity index (χ1v) is 4.97. The molecule has 3 N–H and O–H groups in total. The lowest BCUT2D eigenvalue weighted by atomic mass is 10.1. The molecule has 0 bridgehead atoms. The Morgan fingerprint density at radius 2 is 2.25 bits per heavy atom. The van der Waals surface area contributed by atoms with Crippen molar-refractivity contribution in [1.82, 2.24) is 14.7 Å². The van der Waals surface area contributed by atoms with Gasteiger partial charge >= 0.3 is 0 Å². The second-order valence-electron chi connectivity index (χ2n) is 4.54. The molecular formula is C10H18N4O2. The number of carbonyl (C=O) groups excluding carboxylic acids is 1. The van der Waals surface area contributed by atoms with Crippen molar-refractivity contribution in [3.63, 3.8) is 0 Å². The van der Waals surface area contributed by atoms with Crippen LogP contribution in [0.25, 0.3) is 0 Å². The van der Waals surface area contributed by atoms with Crippen LogP contribution in [0.5, 0.6) is 0 Å². The number of aliphatic hydroxyl groups is 1. The van der Waals surface area contributed by atoms with Gasteiger partial charge in [0.25, 0.3) is 5.91 Å². The number of nitrogen functional groups attached to an aromatic ring is 1. The van der Waals surface area contributed by atoms with Crippen LogP contribution in [0.3, 0.4) is 0 Å². The van der Waals surface area contributed by atoms with Crippen molar-refractivity contribution < 1.29 is 9.90 Å². The van der Waals surface area contributed by atoms with Crippen molar-refractivity contribution in [3.05, 3.63) is 11.8 Å². The van der Waals surface area contributed by atoms with Crippen molar-refractivity contribution in [2.24, 2.45) is 7.05 Å². The first-order chi connectivity index (χ1) is 7.22. The Kier molecular flexibility index (Phi) is 3.23. The third kappa shape index (κ3) is 2.73. The zero-order valence-corrected chi connectivity index (χ0v) is 10.1. The van der Waals surface area contributed by atoms with Crippen molar-refractivity contribution in [2.75, 3.05) is 19.3 Å². The molecule has 1 heterocycles. The van der Waals surface area contributed by atoms with Crippen molar-refractivity contribution >= 4 is 11.7 Å². The van der Waals surface area contributed by atoms with Gasteiger partial charge in [0.05, 0.1) is 11.8 Å². The molecule has 6 nitrogen and oxygen atoms in total. The topological polar surface area (TPSA) is 84.4 Å². The maximum absolute atomic E-state index is 11.9. The highest BCUT2D eigenvalue weighted by molar-refractivity contribution is 5.98. The molecule has 0 saturated heterocycles. The Bertz CT molecular complexity index is 392. The number of nitrogens with zero attached hydrogens (tertiary/aromatic N) is 3. The fourth-order valence-corrected chi connectivity index (χ4v) is 1.47. The lowest BCUT2D eigenvalue weighted by Gasteiger charge is -2.25. The first-order valence-electron chi connectivity index (χ1n) is 4.97. The fraction of sp³-hybridized carbons (Fsp3) is 0.600. The largest absolute Gasteiger partial charge is 0.389 e. The van der Waals surface area contributed by atoms with Crippen LogP contribution in [-0.2, 0) is 7.05 Å². The third-order valence-corrected chi connectivity index (χ3v) is 2.19. The van der Waals surface area contributed by atoms with Crippen LogP contribution in [0.15, 0.2) is 6.20 Å². The highest BCUT2D eigenvalue weighted by atomic mass is 16.3. The molecule has 1 amide bonds. The van der Waals surface area contributed by atoms with Gasteiger partial charge in [0, 0.05) is 20.6 Å². The van der Waals surface area contributed by atoms with E-state index in [1.165, 1.54) is 15.8 Å². The average Bonchev–Trinajstić information content (AvgIpc) is 2.44. The van der Waals surface area contributed by atoms with Gasteiger partial charge in [0.2, 0.25) is 0 Å². The predicted molar refractivity (Wildman–Crippen MR) is 60.9 cm³/mol. The average molecular weight is 226 g/mol. The summed E-state index contributed by atoms with van der Waals surface area (Å²) < 4.78 is 1.44. The molecule has 0 spiro atoms. The molecule has 1 aromatic heterocycles. The van der Waals surface area contributed by atoms with Crippen LogP contribution in [0, 0.1) is 0 Å². The molecule has 90 valence electrons. The second-order valence-corrected chi connectivity index (χ2v) is 4.54. The van der Waals surface area contributed by atoms with E-state index in [0.717, 1.165) is 0 Å². The molecule has 0 saturated carbocycles. The molecule has 16 heavy (non-hydrogen) atoms. The summed E-state index contributed by atoms with van der Waals surface area (Å²) in [6.45, 7) is 3.52. The molecule has 0 aliphatic carbocycles. The van der Waals surface area contributed by atoms with E-state index in [2.05, 4.69) is 5.10 Å². The number of hydrogen-bond donors (Lipinski definition) is 2. The van der Waals surface area contributed by atoms with E-state index in [9.17, 15) is 9.90 Å². The molecule has 0 atom stereocenters. The molecule has 1 aromatic rings. The summed E-state index contributed by atoms with van der Waals surface area (Å²) in [4.78, 5) is 13.4. The predicted octanol–water partition coefficient (Wildman–Crippen LogP) is -0.155. The van der Waals surface area contributed by atoms with E-state index < -0.39 is 5.60 Å². The number of nitrogens with two attached hydrogens (primary N) is 1. The number of hydrogen-bond acceptors (Lipinski definition) is 4. The van der Waals surface area contributed by atoms with Gasteiger partial charge in [-0.1, -0.05) is 0 Å². The minimum Gasteiger partial charge on any atom is -0.389 e. The van der Waals surface area contributed by atoms with Crippen LogP contribution < -0.4 is 5.73 Å². The van der Waals surface area contributed by atoms with E-state index >= 15 is 0 Å². The second kappa shape index (κ2) is 4.13. The summed E-state index contributed by atoms with van der Waals surface area (Å²) in [5, 5.41) is 13.5. The van der Waals surface area contributed by atoms with Gasteiger partial charge in [-0.2, -0.15) is 5.10 Å². The molecule has 0 unspecified atom stereocenters. The van der Waals surface area contributed by atoms with Crippen LogP contribution in [0.4, 0.5) is 5.82 Å². The Balaban J connectivity index is 2.83.